The first-order chi connectivity index (χ1) is 7.09. The lowest BCUT2D eigenvalue weighted by molar-refractivity contribution is 0.0863. The van der Waals surface area contributed by atoms with Crippen molar-refractivity contribution >= 4 is 17.1 Å². The molecule has 0 aliphatic rings. The molecule has 2 heteroatoms. The van der Waals surface area contributed by atoms with E-state index in [4.69, 9.17) is 0 Å². The van der Waals surface area contributed by atoms with Crippen molar-refractivity contribution in [3.63, 3.8) is 0 Å². The van der Waals surface area contributed by atoms with Gasteiger partial charge in [-0.15, -0.1) is 11.3 Å². The van der Waals surface area contributed by atoms with Gasteiger partial charge in [-0.3, -0.25) is 4.79 Å². The second kappa shape index (κ2) is 5.34. The number of hydrogen-bond acceptors (Lipinski definition) is 2. The second-order valence-corrected chi connectivity index (χ2v) is 7.75. The molecule has 17 heavy (non-hydrogen) atoms. The van der Waals surface area contributed by atoms with Gasteiger partial charge in [0, 0.05) is 10.3 Å². The molecule has 0 radical (unpaired) electrons. The summed E-state index contributed by atoms with van der Waals surface area (Å²) in [5.41, 5.74) is 0.0107. The maximum absolute atomic E-state index is 12.1. The minimum atomic E-state index is -0.274. The largest absolute Gasteiger partial charge is 0.293 e. The maximum atomic E-state index is 12.1. The lowest BCUT2D eigenvalue weighted by atomic mass is 9.90. The van der Waals surface area contributed by atoms with E-state index in [1.807, 2.05) is 26.8 Å². The summed E-state index contributed by atoms with van der Waals surface area (Å²) in [5.74, 6) is 0.248. The van der Waals surface area contributed by atoms with Crippen molar-refractivity contribution in [2.75, 3.05) is 0 Å². The minimum absolute atomic E-state index is 0. The quantitative estimate of drug-likeness (QED) is 0.663. The molecule has 1 aromatic rings. The van der Waals surface area contributed by atoms with Crippen LogP contribution in [-0.4, -0.2) is 5.78 Å². The van der Waals surface area contributed by atoms with Crippen LogP contribution in [0.15, 0.2) is 12.1 Å². The van der Waals surface area contributed by atoms with Crippen molar-refractivity contribution in [1.82, 2.24) is 0 Å². The van der Waals surface area contributed by atoms with Gasteiger partial charge in [-0.25, -0.2) is 0 Å². The van der Waals surface area contributed by atoms with Gasteiger partial charge in [-0.05, 0) is 24.0 Å². The molecule has 0 saturated heterocycles. The van der Waals surface area contributed by atoms with Crippen LogP contribution in [-0.2, 0) is 6.42 Å². The molecule has 1 heterocycles. The molecule has 0 saturated carbocycles. The van der Waals surface area contributed by atoms with Gasteiger partial charge in [0.1, 0.15) is 0 Å². The molecular formula is C15H26OS. The Kier molecular flexibility index (Phi) is 5.15. The summed E-state index contributed by atoms with van der Waals surface area (Å²) in [6, 6.07) is 4.06. The Balaban J connectivity index is 0.00000256. The Hall–Kier alpha value is -0.630. The Morgan fingerprint density at radius 3 is 2.06 bits per heavy atom. The molecule has 0 aromatic carbocycles. The van der Waals surface area contributed by atoms with Gasteiger partial charge >= 0.3 is 0 Å². The first kappa shape index (κ1) is 16.4. The first-order valence-electron chi connectivity index (χ1n) is 5.73. The predicted molar refractivity (Wildman–Crippen MR) is 78.0 cm³/mol. The number of carbonyl (C=O) groups is 1. The van der Waals surface area contributed by atoms with Crippen molar-refractivity contribution in [2.45, 2.75) is 55.4 Å². The van der Waals surface area contributed by atoms with E-state index in [1.54, 1.807) is 11.3 Å². The van der Waals surface area contributed by atoms with Gasteiger partial charge in [0.05, 0.1) is 4.88 Å². The summed E-state index contributed by atoms with van der Waals surface area (Å²) in [5, 5.41) is 0. The molecule has 0 fully saturated rings. The minimum Gasteiger partial charge on any atom is -0.293 e. The molecular weight excluding hydrogens is 228 g/mol. The van der Waals surface area contributed by atoms with Gasteiger partial charge in [0.2, 0.25) is 0 Å². The van der Waals surface area contributed by atoms with Crippen LogP contribution < -0.4 is 0 Å². The Morgan fingerprint density at radius 1 is 1.12 bits per heavy atom. The number of rotatable bonds is 2. The van der Waals surface area contributed by atoms with Crippen molar-refractivity contribution in [2.24, 2.45) is 10.8 Å². The van der Waals surface area contributed by atoms with Crippen LogP contribution in [0.5, 0.6) is 0 Å². The van der Waals surface area contributed by atoms with Crippen LogP contribution in [0.4, 0.5) is 0 Å². The molecule has 1 rings (SSSR count). The average molecular weight is 254 g/mol. The highest BCUT2D eigenvalue weighted by Gasteiger charge is 2.24. The summed E-state index contributed by atoms with van der Waals surface area (Å²) >= 11 is 1.65. The van der Waals surface area contributed by atoms with E-state index in [0.29, 0.717) is 0 Å². The van der Waals surface area contributed by atoms with Gasteiger partial charge in [0.15, 0.2) is 5.78 Å². The fourth-order valence-electron chi connectivity index (χ4n) is 1.49. The van der Waals surface area contributed by atoms with Crippen LogP contribution in [0.25, 0.3) is 0 Å². The van der Waals surface area contributed by atoms with Crippen LogP contribution in [0.3, 0.4) is 0 Å². The number of carbonyl (C=O) groups excluding carboxylic acids is 1. The number of thiophene rings is 1. The standard InChI is InChI=1S/C14H22OS.CH4/c1-13(2,3)9-10-7-8-11(16-10)12(15)14(4,5)6;/h7-8H,9H2,1-6H3;1H4. The number of hydrogen-bond donors (Lipinski definition) is 0. The van der Waals surface area contributed by atoms with Crippen LogP contribution in [0, 0.1) is 10.8 Å². The molecule has 98 valence electrons. The third-order valence-corrected chi connectivity index (χ3v) is 3.36. The van der Waals surface area contributed by atoms with Crippen molar-refractivity contribution in [3.8, 4) is 0 Å². The number of Topliss-reactive ketones (excluding diaryl/α,β-unsaturated/α-hetero) is 1. The molecule has 0 atom stereocenters. The van der Waals surface area contributed by atoms with Crippen LogP contribution >= 0.6 is 11.3 Å². The Bertz CT molecular complexity index is 374. The molecule has 0 aliphatic heterocycles. The molecule has 0 amide bonds. The van der Waals surface area contributed by atoms with Gasteiger partial charge in [-0.2, -0.15) is 0 Å². The molecule has 1 aromatic heterocycles. The molecule has 0 bridgehead atoms. The van der Waals surface area contributed by atoms with Crippen molar-refractivity contribution in [3.05, 3.63) is 21.9 Å². The zero-order chi connectivity index (χ0) is 12.6. The highest BCUT2D eigenvalue weighted by molar-refractivity contribution is 7.14. The summed E-state index contributed by atoms with van der Waals surface area (Å²) < 4.78 is 0. The third-order valence-electron chi connectivity index (χ3n) is 2.27. The normalized spacial score (nSPS) is 12.1. The average Bonchev–Trinajstić information content (AvgIpc) is 2.46. The fraction of sp³-hybridized carbons (Fsp3) is 0.667. The topological polar surface area (TPSA) is 17.1 Å². The van der Waals surface area contributed by atoms with E-state index in [-0.39, 0.29) is 24.0 Å². The predicted octanol–water partition coefficient (Wildman–Crippen LogP) is 5.20. The lowest BCUT2D eigenvalue weighted by Gasteiger charge is -2.17. The molecule has 0 spiro atoms. The summed E-state index contributed by atoms with van der Waals surface area (Å²) in [6.07, 6.45) is 1.04. The summed E-state index contributed by atoms with van der Waals surface area (Å²) in [6.45, 7) is 12.6. The van der Waals surface area contributed by atoms with E-state index in [1.165, 1.54) is 4.88 Å². The zero-order valence-electron chi connectivity index (χ0n) is 11.2. The Labute approximate surface area is 110 Å². The van der Waals surface area contributed by atoms with E-state index in [9.17, 15) is 4.79 Å². The third kappa shape index (κ3) is 5.03. The van der Waals surface area contributed by atoms with Crippen molar-refractivity contribution < 1.29 is 4.79 Å². The van der Waals surface area contributed by atoms with E-state index in [2.05, 4.69) is 26.8 Å². The molecule has 0 aliphatic carbocycles. The highest BCUT2D eigenvalue weighted by Crippen LogP contribution is 2.29. The SMILES string of the molecule is C.CC(C)(C)Cc1ccc(C(=O)C(C)(C)C)s1. The van der Waals surface area contributed by atoms with E-state index >= 15 is 0 Å². The highest BCUT2D eigenvalue weighted by atomic mass is 32.1. The molecule has 0 N–H and O–H groups in total. The van der Waals surface area contributed by atoms with Crippen molar-refractivity contribution in [1.29, 1.82) is 0 Å². The van der Waals surface area contributed by atoms with Gasteiger partial charge < -0.3 is 0 Å². The van der Waals surface area contributed by atoms with Gasteiger partial charge in [-0.1, -0.05) is 49.0 Å². The lowest BCUT2D eigenvalue weighted by Crippen LogP contribution is -2.18. The Morgan fingerprint density at radius 2 is 1.65 bits per heavy atom. The zero-order valence-corrected chi connectivity index (χ0v) is 12.0. The smallest absolute Gasteiger partial charge is 0.178 e. The summed E-state index contributed by atoms with van der Waals surface area (Å²) in [7, 11) is 0. The first-order valence-corrected chi connectivity index (χ1v) is 6.55. The monoisotopic (exact) mass is 254 g/mol. The van der Waals surface area contributed by atoms with Crippen LogP contribution in [0.1, 0.15) is 63.5 Å². The molecule has 0 unspecified atom stereocenters. The van der Waals surface area contributed by atoms with Gasteiger partial charge in [0.25, 0.3) is 0 Å². The molecule has 1 nitrogen and oxygen atoms in total. The van der Waals surface area contributed by atoms with E-state index in [0.717, 1.165) is 11.3 Å². The van der Waals surface area contributed by atoms with Crippen LogP contribution in [0.2, 0.25) is 0 Å². The fourth-order valence-corrected chi connectivity index (χ4v) is 2.95. The summed E-state index contributed by atoms with van der Waals surface area (Å²) in [4.78, 5) is 14.3. The number of ketones is 1. The second-order valence-electron chi connectivity index (χ2n) is 6.58. The maximum Gasteiger partial charge on any atom is 0.178 e. The van der Waals surface area contributed by atoms with E-state index < -0.39 is 0 Å².